The van der Waals surface area contributed by atoms with Gasteiger partial charge in [0.15, 0.2) is 12.7 Å². The van der Waals surface area contributed by atoms with Crippen LogP contribution in [0.2, 0.25) is 0 Å². The Kier molecular flexibility index (Phi) is 9.55. The van der Waals surface area contributed by atoms with E-state index in [1.165, 1.54) is 5.56 Å². The zero-order valence-corrected chi connectivity index (χ0v) is 21.3. The van der Waals surface area contributed by atoms with E-state index in [1.54, 1.807) is 11.9 Å². The lowest BCUT2D eigenvalue weighted by atomic mass is 9.88. The van der Waals surface area contributed by atoms with Gasteiger partial charge in [0, 0.05) is 19.6 Å². The number of hydrogen-bond donors (Lipinski definition) is 1. The minimum atomic E-state index is -0.993. The van der Waals surface area contributed by atoms with Crippen LogP contribution in [0.4, 0.5) is 11.4 Å². The van der Waals surface area contributed by atoms with Crippen LogP contribution in [-0.4, -0.2) is 42.8 Å². The van der Waals surface area contributed by atoms with Crippen molar-refractivity contribution < 1.29 is 24.2 Å². The first-order chi connectivity index (χ1) is 16.9. The maximum Gasteiger partial charge on any atom is 0.333 e. The van der Waals surface area contributed by atoms with E-state index in [0.29, 0.717) is 30.5 Å². The van der Waals surface area contributed by atoms with Gasteiger partial charge in [-0.05, 0) is 61.9 Å². The van der Waals surface area contributed by atoms with E-state index < -0.39 is 12.1 Å². The summed E-state index contributed by atoms with van der Waals surface area (Å²) in [5.41, 5.74) is 3.56. The molecule has 0 spiro atoms. The number of aliphatic carboxylic acids is 1. The fraction of sp³-hybridized carbons (Fsp3) is 0.500. The van der Waals surface area contributed by atoms with Gasteiger partial charge in [-0.3, -0.25) is 9.80 Å². The van der Waals surface area contributed by atoms with E-state index in [-0.39, 0.29) is 18.9 Å². The molecule has 7 heteroatoms. The van der Waals surface area contributed by atoms with Crippen molar-refractivity contribution in [1.82, 2.24) is 0 Å². The average molecular weight is 483 g/mol. The van der Waals surface area contributed by atoms with Gasteiger partial charge in [0.2, 0.25) is 0 Å². The quantitative estimate of drug-likeness (QED) is 0.402. The minimum Gasteiger partial charge on any atom is -0.481 e. The first-order valence-corrected chi connectivity index (χ1v) is 12.7. The van der Waals surface area contributed by atoms with Gasteiger partial charge in [-0.25, -0.2) is 9.80 Å². The summed E-state index contributed by atoms with van der Waals surface area (Å²) in [6.07, 6.45) is 3.57. The second-order valence-corrected chi connectivity index (χ2v) is 8.83. The highest BCUT2D eigenvalue weighted by molar-refractivity contribution is 6.00. The number of hydrazine groups is 1. The molecule has 0 saturated carbocycles. The highest BCUT2D eigenvalue weighted by atomic mass is 16.5. The molecule has 0 fully saturated rings. The number of fused-ring (bicyclic) bond motifs is 1. The number of carboxylic acids is 1. The van der Waals surface area contributed by atoms with Crippen molar-refractivity contribution in [2.45, 2.75) is 71.8 Å². The summed E-state index contributed by atoms with van der Waals surface area (Å²) in [4.78, 5) is 25.0. The van der Waals surface area contributed by atoms with E-state index >= 15 is 0 Å². The summed E-state index contributed by atoms with van der Waals surface area (Å²) < 4.78 is 11.2. The molecule has 1 aliphatic rings. The second kappa shape index (κ2) is 12.6. The Morgan fingerprint density at radius 2 is 1.83 bits per heavy atom. The molecule has 1 N–H and O–H groups in total. The molecule has 2 aromatic rings. The number of para-hydroxylation sites is 2. The van der Waals surface area contributed by atoms with Gasteiger partial charge in [-0.1, -0.05) is 51.0 Å². The molecule has 7 nitrogen and oxygen atoms in total. The highest BCUT2D eigenvalue weighted by Crippen LogP contribution is 2.37. The third kappa shape index (κ3) is 6.14. The number of carbonyl (C=O) groups is 2. The van der Waals surface area contributed by atoms with Gasteiger partial charge < -0.3 is 14.6 Å². The van der Waals surface area contributed by atoms with Crippen molar-refractivity contribution in [3.8, 4) is 5.75 Å². The molecule has 190 valence electrons. The zero-order chi connectivity index (χ0) is 25.4. The van der Waals surface area contributed by atoms with Crippen LogP contribution in [0, 0.1) is 0 Å². The largest absolute Gasteiger partial charge is 0.481 e. The van der Waals surface area contributed by atoms with Crippen LogP contribution >= 0.6 is 0 Å². The molecule has 1 heterocycles. The lowest BCUT2D eigenvalue weighted by molar-refractivity contribution is -0.149. The van der Waals surface area contributed by atoms with Crippen LogP contribution < -0.4 is 14.8 Å². The average Bonchev–Trinajstić information content (AvgIpc) is 2.86. The van der Waals surface area contributed by atoms with Gasteiger partial charge in [0.25, 0.3) is 5.91 Å². The standard InChI is InChI=1S/C28H38N2O5/c1-5-11-20(12-6-2)21-15-16-22(18-26(28(32)33)34-8-4)24(17-21)29(7-3)30-23-13-9-10-14-25(23)35-19-27(30)31/h9-10,13-17,20,26H,5-8,11-12,18-19H2,1-4H3,(H,32,33). The molecule has 2 aromatic carbocycles. The summed E-state index contributed by atoms with van der Waals surface area (Å²) in [7, 11) is 0. The Morgan fingerprint density at radius 1 is 1.11 bits per heavy atom. The molecule has 0 saturated heterocycles. The SMILES string of the molecule is CCCC(CCC)c1ccc(CC(OCC)C(=O)O)c(N(CC)N2C(=O)COc3ccccc32)c1. The highest BCUT2D eigenvalue weighted by Gasteiger charge is 2.32. The van der Waals surface area contributed by atoms with Crippen LogP contribution in [0.25, 0.3) is 0 Å². The fourth-order valence-corrected chi connectivity index (χ4v) is 4.81. The summed E-state index contributed by atoms with van der Waals surface area (Å²) in [6, 6.07) is 13.8. The first kappa shape index (κ1) is 26.5. The molecule has 1 amide bonds. The van der Waals surface area contributed by atoms with Crippen LogP contribution in [0.15, 0.2) is 42.5 Å². The number of rotatable bonds is 13. The molecular formula is C28H38N2O5. The third-order valence-corrected chi connectivity index (χ3v) is 6.40. The minimum absolute atomic E-state index is 0.0481. The lowest BCUT2D eigenvalue weighted by Gasteiger charge is -2.40. The van der Waals surface area contributed by atoms with Crippen molar-refractivity contribution in [3.63, 3.8) is 0 Å². The fourth-order valence-electron chi connectivity index (χ4n) is 4.81. The number of amides is 1. The molecule has 3 rings (SSSR count). The van der Waals surface area contributed by atoms with E-state index in [1.807, 2.05) is 42.3 Å². The van der Waals surface area contributed by atoms with Crippen molar-refractivity contribution in [2.24, 2.45) is 0 Å². The predicted molar refractivity (Wildman–Crippen MR) is 138 cm³/mol. The molecule has 0 radical (unpaired) electrons. The maximum absolute atomic E-state index is 13.1. The number of hydrogen-bond acceptors (Lipinski definition) is 5. The number of ether oxygens (including phenoxy) is 2. The van der Waals surface area contributed by atoms with Gasteiger partial charge >= 0.3 is 5.97 Å². The van der Waals surface area contributed by atoms with E-state index in [4.69, 9.17) is 9.47 Å². The summed E-state index contributed by atoms with van der Waals surface area (Å²) in [5.74, 6) is -0.102. The Morgan fingerprint density at radius 3 is 2.46 bits per heavy atom. The molecule has 35 heavy (non-hydrogen) atoms. The van der Waals surface area contributed by atoms with Crippen LogP contribution in [-0.2, 0) is 20.7 Å². The summed E-state index contributed by atoms with van der Waals surface area (Å²) in [5, 5.41) is 13.4. The molecular weight excluding hydrogens is 444 g/mol. The molecule has 0 aliphatic carbocycles. The van der Waals surface area contributed by atoms with Crippen LogP contribution in [0.5, 0.6) is 5.75 Å². The Hall–Kier alpha value is -3.06. The number of anilines is 2. The second-order valence-electron chi connectivity index (χ2n) is 8.83. The van der Waals surface area contributed by atoms with Gasteiger partial charge in [-0.15, -0.1) is 0 Å². The van der Waals surface area contributed by atoms with Gasteiger partial charge in [0.1, 0.15) is 11.4 Å². The normalized spacial score (nSPS) is 14.0. The topological polar surface area (TPSA) is 79.3 Å². The smallest absolute Gasteiger partial charge is 0.333 e. The molecule has 0 bridgehead atoms. The molecule has 1 aliphatic heterocycles. The number of carboxylic acid groups (broad SMARTS) is 1. The Balaban J connectivity index is 2.13. The van der Waals surface area contributed by atoms with Crippen molar-refractivity contribution in [1.29, 1.82) is 0 Å². The van der Waals surface area contributed by atoms with Crippen molar-refractivity contribution >= 4 is 23.3 Å². The number of nitrogens with zero attached hydrogens (tertiary/aromatic N) is 2. The Bertz CT molecular complexity index is 1000. The lowest BCUT2D eigenvalue weighted by Crippen LogP contribution is -2.51. The molecule has 1 atom stereocenters. The zero-order valence-electron chi connectivity index (χ0n) is 21.3. The molecule has 0 aromatic heterocycles. The monoisotopic (exact) mass is 482 g/mol. The number of benzene rings is 2. The summed E-state index contributed by atoms with van der Waals surface area (Å²) >= 11 is 0. The predicted octanol–water partition coefficient (Wildman–Crippen LogP) is 5.57. The van der Waals surface area contributed by atoms with Crippen LogP contribution in [0.1, 0.15) is 70.4 Å². The summed E-state index contributed by atoms with van der Waals surface area (Å²) in [6.45, 7) is 8.96. The molecule has 1 unspecified atom stereocenters. The van der Waals surface area contributed by atoms with E-state index in [9.17, 15) is 14.7 Å². The first-order valence-electron chi connectivity index (χ1n) is 12.7. The number of carbonyl (C=O) groups excluding carboxylic acids is 1. The van der Waals surface area contributed by atoms with Crippen LogP contribution in [0.3, 0.4) is 0 Å². The van der Waals surface area contributed by atoms with Gasteiger partial charge in [0.05, 0.1) is 5.69 Å². The van der Waals surface area contributed by atoms with E-state index in [0.717, 1.165) is 36.9 Å². The van der Waals surface area contributed by atoms with Gasteiger partial charge in [-0.2, -0.15) is 0 Å². The van der Waals surface area contributed by atoms with Crippen molar-refractivity contribution in [2.75, 3.05) is 29.8 Å². The van der Waals surface area contributed by atoms with Crippen molar-refractivity contribution in [3.05, 3.63) is 53.6 Å². The Labute approximate surface area is 208 Å². The third-order valence-electron chi connectivity index (χ3n) is 6.40. The van der Waals surface area contributed by atoms with E-state index in [2.05, 4.69) is 26.0 Å². The maximum atomic E-state index is 13.1.